The van der Waals surface area contributed by atoms with E-state index in [0.29, 0.717) is 20.7 Å². The summed E-state index contributed by atoms with van der Waals surface area (Å²) in [5.41, 5.74) is 1.00. The van der Waals surface area contributed by atoms with Crippen molar-refractivity contribution in [3.8, 4) is 0 Å². The van der Waals surface area contributed by atoms with Gasteiger partial charge in [0.1, 0.15) is 5.82 Å². The minimum absolute atomic E-state index is 0.273. The van der Waals surface area contributed by atoms with E-state index in [2.05, 4.69) is 21.2 Å². The topological polar surface area (TPSA) is 29.1 Å². The second-order valence-corrected chi connectivity index (χ2v) is 4.88. The van der Waals surface area contributed by atoms with E-state index in [1.807, 2.05) is 0 Å². The van der Waals surface area contributed by atoms with Crippen molar-refractivity contribution in [1.29, 1.82) is 0 Å². The molecule has 2 aromatic rings. The number of anilines is 1. The summed E-state index contributed by atoms with van der Waals surface area (Å²) in [6.07, 6.45) is 0. The third kappa shape index (κ3) is 3.09. The lowest BCUT2D eigenvalue weighted by Crippen LogP contribution is -2.11. The van der Waals surface area contributed by atoms with Gasteiger partial charge in [-0.05, 0) is 58.4 Å². The van der Waals surface area contributed by atoms with E-state index >= 15 is 0 Å². The van der Waals surface area contributed by atoms with Crippen LogP contribution in [-0.4, -0.2) is 5.91 Å². The van der Waals surface area contributed by atoms with Crippen LogP contribution in [0.25, 0.3) is 0 Å². The predicted octanol–water partition coefficient (Wildman–Crippen LogP) is 4.49. The van der Waals surface area contributed by atoms with Crippen LogP contribution in [0.3, 0.4) is 0 Å². The van der Waals surface area contributed by atoms with Crippen LogP contribution in [0.2, 0.25) is 5.02 Å². The van der Waals surface area contributed by atoms with Gasteiger partial charge in [0.15, 0.2) is 0 Å². The lowest BCUT2D eigenvalue weighted by molar-refractivity contribution is 0.102. The number of hydrogen-bond acceptors (Lipinski definition) is 1. The van der Waals surface area contributed by atoms with E-state index in [4.69, 9.17) is 11.6 Å². The lowest BCUT2D eigenvalue weighted by atomic mass is 10.2. The zero-order chi connectivity index (χ0) is 13.1. The maximum atomic E-state index is 13.0. The number of nitrogens with one attached hydrogen (secondary N) is 1. The van der Waals surface area contributed by atoms with Crippen molar-refractivity contribution in [3.63, 3.8) is 0 Å². The molecule has 0 fully saturated rings. The Morgan fingerprint density at radius 3 is 2.44 bits per heavy atom. The summed E-state index contributed by atoms with van der Waals surface area (Å²) in [6.45, 7) is 0. The second-order valence-electron chi connectivity index (χ2n) is 3.59. The van der Waals surface area contributed by atoms with E-state index < -0.39 is 0 Å². The molecule has 2 nitrogen and oxygen atoms in total. The average Bonchev–Trinajstić information content (AvgIpc) is 2.34. The number of rotatable bonds is 2. The largest absolute Gasteiger partial charge is 0.322 e. The van der Waals surface area contributed by atoms with Crippen molar-refractivity contribution >= 4 is 39.1 Å². The van der Waals surface area contributed by atoms with Gasteiger partial charge in [-0.2, -0.15) is 0 Å². The highest BCUT2D eigenvalue weighted by atomic mass is 79.9. The van der Waals surface area contributed by atoms with Gasteiger partial charge in [-0.3, -0.25) is 4.79 Å². The van der Waals surface area contributed by atoms with Crippen molar-refractivity contribution in [2.24, 2.45) is 0 Å². The van der Waals surface area contributed by atoms with Crippen LogP contribution in [0.5, 0.6) is 0 Å². The number of halogens is 3. The molecule has 92 valence electrons. The van der Waals surface area contributed by atoms with Gasteiger partial charge >= 0.3 is 0 Å². The molecule has 0 aliphatic heterocycles. The minimum atomic E-state index is -0.375. The first kappa shape index (κ1) is 13.1. The third-order valence-electron chi connectivity index (χ3n) is 2.28. The van der Waals surface area contributed by atoms with Crippen LogP contribution >= 0.6 is 27.5 Å². The summed E-state index contributed by atoms with van der Waals surface area (Å²) in [6, 6.07) is 10.8. The standard InChI is InChI=1S/C13H8BrClFNO/c14-11-7-10(5-6-12(11)16)17-13(18)8-1-3-9(15)4-2-8/h1-7H,(H,17,18). The lowest BCUT2D eigenvalue weighted by Gasteiger charge is -2.06. The van der Waals surface area contributed by atoms with Crippen molar-refractivity contribution < 1.29 is 9.18 Å². The van der Waals surface area contributed by atoms with Crippen molar-refractivity contribution in [2.75, 3.05) is 5.32 Å². The van der Waals surface area contributed by atoms with E-state index in [-0.39, 0.29) is 11.7 Å². The first-order chi connectivity index (χ1) is 8.56. The number of hydrogen-bond donors (Lipinski definition) is 1. The molecule has 0 unspecified atom stereocenters. The van der Waals surface area contributed by atoms with Crippen molar-refractivity contribution in [1.82, 2.24) is 0 Å². The molecule has 0 aromatic heterocycles. The van der Waals surface area contributed by atoms with Crippen LogP contribution in [0, 0.1) is 5.82 Å². The maximum Gasteiger partial charge on any atom is 0.255 e. The first-order valence-corrected chi connectivity index (χ1v) is 6.25. The van der Waals surface area contributed by atoms with Gasteiger partial charge in [-0.25, -0.2) is 4.39 Å². The predicted molar refractivity (Wildman–Crippen MR) is 73.5 cm³/mol. The fraction of sp³-hybridized carbons (Fsp3) is 0. The Hall–Kier alpha value is -1.39. The summed E-state index contributed by atoms with van der Waals surface area (Å²) < 4.78 is 13.3. The number of benzene rings is 2. The molecule has 18 heavy (non-hydrogen) atoms. The normalized spacial score (nSPS) is 10.2. The third-order valence-corrected chi connectivity index (χ3v) is 3.14. The molecule has 0 heterocycles. The summed E-state index contributed by atoms with van der Waals surface area (Å²) in [5.74, 6) is -0.648. The Kier molecular flexibility index (Phi) is 3.99. The molecule has 2 rings (SSSR count). The summed E-state index contributed by atoms with van der Waals surface area (Å²) in [4.78, 5) is 11.9. The van der Waals surface area contributed by atoms with Crippen molar-refractivity contribution in [3.05, 3.63) is 63.3 Å². The molecule has 0 radical (unpaired) electrons. The monoisotopic (exact) mass is 327 g/mol. The quantitative estimate of drug-likeness (QED) is 0.864. The molecular weight excluding hydrogens is 321 g/mol. The van der Waals surface area contributed by atoms with Crippen LogP contribution in [0.1, 0.15) is 10.4 Å². The van der Waals surface area contributed by atoms with Crippen LogP contribution in [0.15, 0.2) is 46.9 Å². The molecular formula is C13H8BrClFNO. The van der Waals surface area contributed by atoms with Crippen molar-refractivity contribution in [2.45, 2.75) is 0 Å². The molecule has 1 N–H and O–H groups in total. The Labute approximate surface area is 117 Å². The fourth-order valence-electron chi connectivity index (χ4n) is 1.38. The van der Waals surface area contributed by atoms with Gasteiger partial charge in [0, 0.05) is 16.3 Å². The van der Waals surface area contributed by atoms with Gasteiger partial charge in [-0.1, -0.05) is 11.6 Å². The van der Waals surface area contributed by atoms with Gasteiger partial charge in [0.05, 0.1) is 4.47 Å². The molecule has 1 amide bonds. The maximum absolute atomic E-state index is 13.0. The molecule has 0 atom stereocenters. The van der Waals surface area contributed by atoms with Crippen LogP contribution < -0.4 is 5.32 Å². The average molecular weight is 329 g/mol. The summed E-state index contributed by atoms with van der Waals surface area (Å²) in [7, 11) is 0. The fourth-order valence-corrected chi connectivity index (χ4v) is 1.88. The first-order valence-electron chi connectivity index (χ1n) is 5.08. The zero-order valence-electron chi connectivity index (χ0n) is 9.08. The Balaban J connectivity index is 2.16. The molecule has 0 saturated carbocycles. The Morgan fingerprint density at radius 1 is 1.17 bits per heavy atom. The molecule has 0 spiro atoms. The zero-order valence-corrected chi connectivity index (χ0v) is 11.4. The highest BCUT2D eigenvalue weighted by Crippen LogP contribution is 2.20. The van der Waals surface area contributed by atoms with E-state index in [0.717, 1.165) is 0 Å². The molecule has 2 aromatic carbocycles. The Morgan fingerprint density at radius 2 is 1.83 bits per heavy atom. The van der Waals surface area contributed by atoms with E-state index in [9.17, 15) is 9.18 Å². The van der Waals surface area contributed by atoms with E-state index in [1.54, 1.807) is 24.3 Å². The second kappa shape index (κ2) is 5.50. The SMILES string of the molecule is O=C(Nc1ccc(F)c(Br)c1)c1ccc(Cl)cc1. The number of amides is 1. The summed E-state index contributed by atoms with van der Waals surface area (Å²) in [5, 5.41) is 3.23. The van der Waals surface area contributed by atoms with Gasteiger partial charge in [0.2, 0.25) is 0 Å². The smallest absolute Gasteiger partial charge is 0.255 e. The molecule has 0 aliphatic rings. The minimum Gasteiger partial charge on any atom is -0.322 e. The van der Waals surface area contributed by atoms with Gasteiger partial charge < -0.3 is 5.32 Å². The molecule has 0 aliphatic carbocycles. The number of carbonyl (C=O) groups excluding carboxylic acids is 1. The van der Waals surface area contributed by atoms with Gasteiger partial charge in [0.25, 0.3) is 5.91 Å². The molecule has 0 bridgehead atoms. The highest BCUT2D eigenvalue weighted by Gasteiger charge is 2.07. The highest BCUT2D eigenvalue weighted by molar-refractivity contribution is 9.10. The Bertz CT molecular complexity index is 586. The molecule has 0 saturated heterocycles. The van der Waals surface area contributed by atoms with E-state index in [1.165, 1.54) is 18.2 Å². The molecule has 5 heteroatoms. The van der Waals surface area contributed by atoms with Crippen LogP contribution in [0.4, 0.5) is 10.1 Å². The number of carbonyl (C=O) groups is 1. The summed E-state index contributed by atoms with van der Waals surface area (Å²) >= 11 is 8.79. The van der Waals surface area contributed by atoms with Gasteiger partial charge in [-0.15, -0.1) is 0 Å². The van der Waals surface area contributed by atoms with Crippen LogP contribution in [-0.2, 0) is 0 Å².